The summed E-state index contributed by atoms with van der Waals surface area (Å²) >= 11 is 0. The standard InChI is InChI=1S/C14H16FNO3.C7H12.C2H4/c1-4-16-8(2)9(6-14(17)18)10-5-13(19-3)11(15)7-12(10)16;1-4-5-6-7(2)3;1-2/h5,7H,4,6H2,1-3H3,(H,17,18);4-6H,1-3H3;1-2H2/b;5-4-;. The first kappa shape index (κ1) is 25.2. The number of aryl methyl sites for hydroxylation is 1. The lowest BCUT2D eigenvalue weighted by atomic mass is 10.1. The van der Waals surface area contributed by atoms with Gasteiger partial charge in [0.25, 0.3) is 0 Å². The minimum absolute atomic E-state index is 0.0792. The Bertz CT molecular complexity index is 843. The van der Waals surface area contributed by atoms with Crippen molar-refractivity contribution >= 4 is 16.9 Å². The highest BCUT2D eigenvalue weighted by atomic mass is 19.1. The summed E-state index contributed by atoms with van der Waals surface area (Å²) in [7, 11) is 1.39. The van der Waals surface area contributed by atoms with Gasteiger partial charge in [0.05, 0.1) is 19.0 Å². The van der Waals surface area contributed by atoms with Crippen LogP contribution in [0.2, 0.25) is 0 Å². The third-order valence-corrected chi connectivity index (χ3v) is 3.99. The summed E-state index contributed by atoms with van der Waals surface area (Å²) < 4.78 is 20.7. The number of hydrogen-bond donors (Lipinski definition) is 1. The predicted molar refractivity (Wildman–Crippen MR) is 116 cm³/mol. The number of aliphatic carboxylic acids is 1. The largest absolute Gasteiger partial charge is 0.494 e. The molecule has 0 amide bonds. The number of allylic oxidation sites excluding steroid dienone is 4. The molecule has 0 saturated heterocycles. The highest BCUT2D eigenvalue weighted by molar-refractivity contribution is 5.90. The zero-order valence-corrected chi connectivity index (χ0v) is 17.8. The number of benzene rings is 1. The Morgan fingerprint density at radius 3 is 2.32 bits per heavy atom. The SMILES string of the molecule is C/C=C\C=C(C)C.C=C.CCn1c(C)c(CC(=O)O)c2cc(OC)c(F)cc21. The molecule has 0 radical (unpaired) electrons. The first-order valence-corrected chi connectivity index (χ1v) is 9.09. The fraction of sp³-hybridized carbons (Fsp3) is 0.348. The van der Waals surface area contributed by atoms with Crippen LogP contribution in [0.4, 0.5) is 4.39 Å². The van der Waals surface area contributed by atoms with Crippen LogP contribution in [0.3, 0.4) is 0 Å². The van der Waals surface area contributed by atoms with Gasteiger partial charge in [-0.05, 0) is 46.2 Å². The Balaban J connectivity index is 0.000000688. The third kappa shape index (κ3) is 6.72. The van der Waals surface area contributed by atoms with Gasteiger partial charge in [0.1, 0.15) is 0 Å². The molecule has 0 fully saturated rings. The van der Waals surface area contributed by atoms with E-state index in [0.29, 0.717) is 17.6 Å². The molecule has 0 unspecified atom stereocenters. The number of ether oxygens (including phenoxy) is 1. The third-order valence-electron chi connectivity index (χ3n) is 3.99. The van der Waals surface area contributed by atoms with E-state index in [1.807, 2.05) is 37.5 Å². The Morgan fingerprint density at radius 2 is 1.93 bits per heavy atom. The fourth-order valence-corrected chi connectivity index (χ4v) is 2.77. The van der Waals surface area contributed by atoms with E-state index < -0.39 is 11.8 Å². The van der Waals surface area contributed by atoms with Gasteiger partial charge < -0.3 is 14.4 Å². The lowest BCUT2D eigenvalue weighted by Crippen LogP contribution is -2.03. The Hall–Kier alpha value is -2.82. The molecular weight excluding hydrogens is 357 g/mol. The first-order valence-electron chi connectivity index (χ1n) is 9.09. The normalized spacial score (nSPS) is 9.96. The smallest absolute Gasteiger partial charge is 0.307 e. The maximum absolute atomic E-state index is 13.8. The number of rotatable bonds is 5. The van der Waals surface area contributed by atoms with Gasteiger partial charge in [0, 0.05) is 23.7 Å². The highest BCUT2D eigenvalue weighted by Gasteiger charge is 2.18. The lowest BCUT2D eigenvalue weighted by Gasteiger charge is -2.05. The summed E-state index contributed by atoms with van der Waals surface area (Å²) in [6.45, 7) is 16.6. The molecule has 0 bridgehead atoms. The van der Waals surface area contributed by atoms with E-state index in [2.05, 4.69) is 33.1 Å². The second-order valence-electron chi connectivity index (χ2n) is 6.15. The van der Waals surface area contributed by atoms with Crippen molar-refractivity contribution in [1.82, 2.24) is 4.57 Å². The topological polar surface area (TPSA) is 51.5 Å². The summed E-state index contributed by atoms with van der Waals surface area (Å²) in [5.41, 5.74) is 3.61. The van der Waals surface area contributed by atoms with Crippen molar-refractivity contribution in [3.63, 3.8) is 0 Å². The minimum atomic E-state index is -0.901. The zero-order valence-electron chi connectivity index (χ0n) is 17.8. The second kappa shape index (κ2) is 12.5. The van der Waals surface area contributed by atoms with Gasteiger partial charge in [-0.2, -0.15) is 0 Å². The van der Waals surface area contributed by atoms with Crippen molar-refractivity contribution in [2.24, 2.45) is 0 Å². The number of carbonyl (C=O) groups is 1. The summed E-state index contributed by atoms with van der Waals surface area (Å²) in [6, 6.07) is 2.97. The Morgan fingerprint density at radius 1 is 1.32 bits per heavy atom. The van der Waals surface area contributed by atoms with Crippen LogP contribution in [0.5, 0.6) is 5.75 Å². The van der Waals surface area contributed by atoms with Crippen molar-refractivity contribution in [1.29, 1.82) is 0 Å². The van der Waals surface area contributed by atoms with E-state index >= 15 is 0 Å². The summed E-state index contributed by atoms with van der Waals surface area (Å²) in [4.78, 5) is 11.0. The number of halogens is 1. The van der Waals surface area contributed by atoms with Gasteiger partial charge in [-0.25, -0.2) is 4.39 Å². The van der Waals surface area contributed by atoms with Gasteiger partial charge in [0.15, 0.2) is 11.6 Å². The molecule has 0 saturated carbocycles. The number of methoxy groups -OCH3 is 1. The number of fused-ring (bicyclic) bond motifs is 1. The average molecular weight is 390 g/mol. The molecule has 154 valence electrons. The number of hydrogen-bond acceptors (Lipinski definition) is 2. The summed E-state index contributed by atoms with van der Waals surface area (Å²) in [5.74, 6) is -1.21. The molecule has 5 heteroatoms. The monoisotopic (exact) mass is 389 g/mol. The van der Waals surface area contributed by atoms with Crippen molar-refractivity contribution in [2.45, 2.75) is 47.6 Å². The van der Waals surface area contributed by atoms with Gasteiger partial charge in [-0.1, -0.05) is 23.8 Å². The van der Waals surface area contributed by atoms with E-state index in [-0.39, 0.29) is 12.2 Å². The van der Waals surface area contributed by atoms with Crippen LogP contribution >= 0.6 is 0 Å². The maximum atomic E-state index is 13.8. The fourth-order valence-electron chi connectivity index (χ4n) is 2.77. The number of nitrogens with zero attached hydrogens (tertiary/aromatic N) is 1. The average Bonchev–Trinajstić information content (AvgIpc) is 2.91. The van der Waals surface area contributed by atoms with Crippen LogP contribution < -0.4 is 4.74 Å². The Kier molecular flexibility index (Phi) is 11.3. The maximum Gasteiger partial charge on any atom is 0.307 e. The predicted octanol–water partition coefficient (Wildman–Crippen LogP) is 6.08. The molecule has 28 heavy (non-hydrogen) atoms. The molecule has 2 aromatic rings. The summed E-state index contributed by atoms with van der Waals surface area (Å²) in [6.07, 6.45) is 6.06. The van der Waals surface area contributed by atoms with Crippen LogP contribution in [-0.4, -0.2) is 22.8 Å². The van der Waals surface area contributed by atoms with Crippen LogP contribution in [0, 0.1) is 12.7 Å². The molecule has 2 rings (SSSR count). The molecule has 0 aliphatic rings. The molecule has 1 aromatic heterocycles. The molecule has 0 aliphatic heterocycles. The minimum Gasteiger partial charge on any atom is -0.494 e. The van der Waals surface area contributed by atoms with E-state index in [1.54, 1.807) is 6.07 Å². The van der Waals surface area contributed by atoms with Crippen molar-refractivity contribution in [3.8, 4) is 5.75 Å². The van der Waals surface area contributed by atoms with E-state index in [0.717, 1.165) is 11.1 Å². The van der Waals surface area contributed by atoms with E-state index in [4.69, 9.17) is 9.84 Å². The van der Waals surface area contributed by atoms with Crippen molar-refractivity contribution < 1.29 is 19.0 Å². The number of carboxylic acids is 1. The van der Waals surface area contributed by atoms with E-state index in [9.17, 15) is 9.18 Å². The molecule has 1 heterocycles. The molecule has 1 aromatic carbocycles. The van der Waals surface area contributed by atoms with Gasteiger partial charge in [-0.3, -0.25) is 4.79 Å². The highest BCUT2D eigenvalue weighted by Crippen LogP contribution is 2.31. The first-order chi connectivity index (χ1) is 13.3. The van der Waals surface area contributed by atoms with Crippen molar-refractivity contribution in [2.75, 3.05) is 7.11 Å². The van der Waals surface area contributed by atoms with Gasteiger partial charge in [0.2, 0.25) is 0 Å². The molecule has 0 atom stereocenters. The molecule has 0 spiro atoms. The number of aromatic nitrogens is 1. The number of carboxylic acid groups (broad SMARTS) is 1. The Labute approximate surface area is 167 Å². The molecule has 0 aliphatic carbocycles. The molecule has 4 nitrogen and oxygen atoms in total. The lowest BCUT2D eigenvalue weighted by molar-refractivity contribution is -0.136. The van der Waals surface area contributed by atoms with Gasteiger partial charge >= 0.3 is 5.97 Å². The quantitative estimate of drug-likeness (QED) is 0.498. The van der Waals surface area contributed by atoms with Crippen molar-refractivity contribution in [3.05, 3.63) is 66.2 Å². The van der Waals surface area contributed by atoms with E-state index in [1.165, 1.54) is 18.7 Å². The van der Waals surface area contributed by atoms with Crippen LogP contribution in [0.15, 0.2) is 49.1 Å². The summed E-state index contributed by atoms with van der Waals surface area (Å²) in [5, 5.41) is 9.74. The molecule has 1 N–H and O–H groups in total. The second-order valence-corrected chi connectivity index (χ2v) is 6.15. The van der Waals surface area contributed by atoms with Gasteiger partial charge in [-0.15, -0.1) is 13.2 Å². The van der Waals surface area contributed by atoms with Crippen LogP contribution in [-0.2, 0) is 17.8 Å². The molecular formula is C23H32FNO3. The van der Waals surface area contributed by atoms with Crippen LogP contribution in [0.25, 0.3) is 10.9 Å². The zero-order chi connectivity index (χ0) is 21.9. The van der Waals surface area contributed by atoms with Crippen LogP contribution in [0.1, 0.15) is 39.0 Å².